The van der Waals surface area contributed by atoms with Gasteiger partial charge in [0.15, 0.2) is 5.82 Å². The van der Waals surface area contributed by atoms with E-state index in [1.807, 2.05) is 24.3 Å². The third-order valence-electron chi connectivity index (χ3n) is 2.61. The number of methoxy groups -OCH3 is 1. The zero-order chi connectivity index (χ0) is 12.8. The quantitative estimate of drug-likeness (QED) is 0.837. The number of hydrogen-bond donors (Lipinski definition) is 2. The number of rotatable bonds is 5. The lowest BCUT2D eigenvalue weighted by Gasteiger charge is -2.07. The number of nitrogens with zero attached hydrogens (tertiary/aromatic N) is 2. The van der Waals surface area contributed by atoms with Crippen molar-refractivity contribution in [2.45, 2.75) is 6.42 Å². The molecular formula is C13H16N4O. The predicted molar refractivity (Wildman–Crippen MR) is 71.6 cm³/mol. The highest BCUT2D eigenvalue weighted by Gasteiger charge is 1.99. The van der Waals surface area contributed by atoms with Crippen LogP contribution in [0.15, 0.2) is 36.8 Å². The van der Waals surface area contributed by atoms with E-state index >= 15 is 0 Å². The first-order valence-corrected chi connectivity index (χ1v) is 5.72. The van der Waals surface area contributed by atoms with Crippen LogP contribution in [0.3, 0.4) is 0 Å². The SMILES string of the molecule is COc1ccc(CCNc2ncncc2N)cc1. The summed E-state index contributed by atoms with van der Waals surface area (Å²) in [6, 6.07) is 8.00. The van der Waals surface area contributed by atoms with Crippen molar-refractivity contribution in [3.63, 3.8) is 0 Å². The lowest BCUT2D eigenvalue weighted by molar-refractivity contribution is 0.414. The number of nitrogens with one attached hydrogen (secondary N) is 1. The first-order valence-electron chi connectivity index (χ1n) is 5.72. The second-order valence-electron chi connectivity index (χ2n) is 3.85. The molecule has 1 heterocycles. The molecule has 1 aromatic carbocycles. The molecule has 0 spiro atoms. The van der Waals surface area contributed by atoms with Gasteiger partial charge in [-0.2, -0.15) is 0 Å². The maximum atomic E-state index is 5.73. The van der Waals surface area contributed by atoms with Crippen molar-refractivity contribution in [3.8, 4) is 5.75 Å². The van der Waals surface area contributed by atoms with Crippen LogP contribution in [0.5, 0.6) is 5.75 Å². The topological polar surface area (TPSA) is 73.1 Å². The Kier molecular flexibility index (Phi) is 3.96. The number of aromatic nitrogens is 2. The zero-order valence-corrected chi connectivity index (χ0v) is 10.3. The van der Waals surface area contributed by atoms with Gasteiger partial charge < -0.3 is 15.8 Å². The molecule has 0 radical (unpaired) electrons. The van der Waals surface area contributed by atoms with E-state index in [2.05, 4.69) is 15.3 Å². The minimum Gasteiger partial charge on any atom is -0.497 e. The zero-order valence-electron chi connectivity index (χ0n) is 10.3. The van der Waals surface area contributed by atoms with E-state index in [0.29, 0.717) is 11.5 Å². The third kappa shape index (κ3) is 3.10. The molecule has 2 rings (SSSR count). The Morgan fingerprint density at radius 3 is 2.72 bits per heavy atom. The van der Waals surface area contributed by atoms with E-state index in [1.54, 1.807) is 13.3 Å². The van der Waals surface area contributed by atoms with Gasteiger partial charge in [0.1, 0.15) is 12.1 Å². The van der Waals surface area contributed by atoms with Gasteiger partial charge in [0, 0.05) is 6.54 Å². The Bertz CT molecular complexity index is 499. The van der Waals surface area contributed by atoms with Crippen molar-refractivity contribution in [1.82, 2.24) is 9.97 Å². The monoisotopic (exact) mass is 244 g/mol. The van der Waals surface area contributed by atoms with Crippen LogP contribution in [0.2, 0.25) is 0 Å². The Labute approximate surface area is 106 Å². The summed E-state index contributed by atoms with van der Waals surface area (Å²) in [6.07, 6.45) is 3.96. The van der Waals surface area contributed by atoms with E-state index in [9.17, 15) is 0 Å². The van der Waals surface area contributed by atoms with Crippen LogP contribution in [0.25, 0.3) is 0 Å². The fourth-order valence-electron chi connectivity index (χ4n) is 1.61. The summed E-state index contributed by atoms with van der Waals surface area (Å²) < 4.78 is 5.11. The number of benzene rings is 1. The van der Waals surface area contributed by atoms with Crippen LogP contribution >= 0.6 is 0 Å². The fraction of sp³-hybridized carbons (Fsp3) is 0.231. The molecule has 1 aromatic heterocycles. The highest BCUT2D eigenvalue weighted by atomic mass is 16.5. The van der Waals surface area contributed by atoms with E-state index in [4.69, 9.17) is 10.5 Å². The third-order valence-corrected chi connectivity index (χ3v) is 2.61. The van der Waals surface area contributed by atoms with Gasteiger partial charge in [-0.05, 0) is 24.1 Å². The Morgan fingerprint density at radius 1 is 1.28 bits per heavy atom. The lowest BCUT2D eigenvalue weighted by Crippen LogP contribution is -2.08. The molecule has 0 atom stereocenters. The van der Waals surface area contributed by atoms with Gasteiger partial charge in [0.05, 0.1) is 19.0 Å². The molecule has 3 N–H and O–H groups in total. The molecule has 18 heavy (non-hydrogen) atoms. The Morgan fingerprint density at radius 2 is 2.06 bits per heavy atom. The van der Waals surface area contributed by atoms with E-state index in [-0.39, 0.29) is 0 Å². The first kappa shape index (κ1) is 12.2. The number of anilines is 2. The number of nitrogens with two attached hydrogens (primary N) is 1. The highest BCUT2D eigenvalue weighted by Crippen LogP contribution is 2.13. The van der Waals surface area contributed by atoms with Crippen LogP contribution in [0.1, 0.15) is 5.56 Å². The van der Waals surface area contributed by atoms with Crippen LogP contribution in [0.4, 0.5) is 11.5 Å². The van der Waals surface area contributed by atoms with Gasteiger partial charge in [-0.3, -0.25) is 0 Å². The standard InChI is InChI=1S/C13H16N4O/c1-18-11-4-2-10(3-5-11)6-7-16-13-12(14)8-15-9-17-13/h2-5,8-9H,6-7,14H2,1H3,(H,15,16,17). The van der Waals surface area contributed by atoms with Crippen LogP contribution in [-0.4, -0.2) is 23.6 Å². The maximum absolute atomic E-state index is 5.73. The second kappa shape index (κ2) is 5.86. The van der Waals surface area contributed by atoms with Gasteiger partial charge in [-0.15, -0.1) is 0 Å². The largest absolute Gasteiger partial charge is 0.497 e. The molecule has 0 saturated carbocycles. The Hall–Kier alpha value is -2.30. The van der Waals surface area contributed by atoms with Crippen molar-refractivity contribution < 1.29 is 4.74 Å². The fourth-order valence-corrected chi connectivity index (χ4v) is 1.61. The molecule has 0 saturated heterocycles. The molecule has 0 amide bonds. The minimum atomic E-state index is 0.562. The molecule has 5 nitrogen and oxygen atoms in total. The molecule has 94 valence electrons. The summed E-state index contributed by atoms with van der Waals surface area (Å²) in [7, 11) is 1.66. The highest BCUT2D eigenvalue weighted by molar-refractivity contribution is 5.58. The molecule has 0 aliphatic rings. The summed E-state index contributed by atoms with van der Waals surface area (Å²) in [4.78, 5) is 7.91. The van der Waals surface area contributed by atoms with Gasteiger partial charge >= 0.3 is 0 Å². The summed E-state index contributed by atoms with van der Waals surface area (Å²) in [5.74, 6) is 1.55. The van der Waals surface area contributed by atoms with Crippen LogP contribution < -0.4 is 15.8 Å². The number of ether oxygens (including phenoxy) is 1. The van der Waals surface area contributed by atoms with Gasteiger partial charge in [-0.1, -0.05) is 12.1 Å². The predicted octanol–water partition coefficient (Wildman–Crippen LogP) is 1.72. The van der Waals surface area contributed by atoms with Crippen molar-refractivity contribution >= 4 is 11.5 Å². The van der Waals surface area contributed by atoms with Crippen molar-refractivity contribution in [2.75, 3.05) is 24.7 Å². The molecule has 0 aliphatic heterocycles. The smallest absolute Gasteiger partial charge is 0.152 e. The van der Waals surface area contributed by atoms with Crippen molar-refractivity contribution in [3.05, 3.63) is 42.4 Å². The average Bonchev–Trinajstić information content (AvgIpc) is 2.42. The van der Waals surface area contributed by atoms with Crippen LogP contribution in [0, 0.1) is 0 Å². The van der Waals surface area contributed by atoms with E-state index < -0.39 is 0 Å². The van der Waals surface area contributed by atoms with Crippen LogP contribution in [-0.2, 0) is 6.42 Å². The van der Waals surface area contributed by atoms with E-state index in [1.165, 1.54) is 11.9 Å². The summed E-state index contributed by atoms with van der Waals surface area (Å²) in [5.41, 5.74) is 7.53. The maximum Gasteiger partial charge on any atom is 0.152 e. The van der Waals surface area contributed by atoms with Crippen molar-refractivity contribution in [1.29, 1.82) is 0 Å². The Balaban J connectivity index is 1.86. The van der Waals surface area contributed by atoms with Gasteiger partial charge in [0.25, 0.3) is 0 Å². The molecule has 0 bridgehead atoms. The molecule has 2 aromatic rings. The second-order valence-corrected chi connectivity index (χ2v) is 3.85. The molecule has 0 unspecified atom stereocenters. The first-order chi connectivity index (χ1) is 8.79. The normalized spacial score (nSPS) is 10.1. The number of hydrogen-bond acceptors (Lipinski definition) is 5. The summed E-state index contributed by atoms with van der Waals surface area (Å²) in [6.45, 7) is 0.771. The minimum absolute atomic E-state index is 0.562. The molecule has 5 heteroatoms. The van der Waals surface area contributed by atoms with E-state index in [0.717, 1.165) is 18.7 Å². The summed E-state index contributed by atoms with van der Waals surface area (Å²) >= 11 is 0. The number of nitrogen functional groups attached to an aromatic ring is 1. The molecule has 0 fully saturated rings. The lowest BCUT2D eigenvalue weighted by atomic mass is 10.1. The summed E-state index contributed by atoms with van der Waals surface area (Å²) in [5, 5.41) is 3.18. The van der Waals surface area contributed by atoms with Gasteiger partial charge in [0.2, 0.25) is 0 Å². The van der Waals surface area contributed by atoms with Crippen molar-refractivity contribution in [2.24, 2.45) is 0 Å². The average molecular weight is 244 g/mol. The van der Waals surface area contributed by atoms with Gasteiger partial charge in [-0.25, -0.2) is 9.97 Å². The molecule has 0 aliphatic carbocycles. The molecular weight excluding hydrogens is 228 g/mol.